The Labute approximate surface area is 141 Å². The van der Waals surface area contributed by atoms with Crippen LogP contribution in [0, 0.1) is 40.4 Å². The minimum atomic E-state index is -0.537. The van der Waals surface area contributed by atoms with E-state index in [2.05, 4.69) is 13.8 Å². The van der Waals surface area contributed by atoms with Gasteiger partial charge in [-0.05, 0) is 105 Å². The second-order valence-corrected chi connectivity index (χ2v) is 10.00. The molecule has 4 saturated carbocycles. The lowest BCUT2D eigenvalue weighted by molar-refractivity contribution is -0.126. The molecule has 0 aromatic heterocycles. The van der Waals surface area contributed by atoms with E-state index in [0.29, 0.717) is 22.7 Å². The van der Waals surface area contributed by atoms with E-state index in [0.717, 1.165) is 37.0 Å². The Morgan fingerprint density at radius 3 is 2.35 bits per heavy atom. The highest BCUT2D eigenvalue weighted by Gasteiger charge is 2.60. The number of aliphatic hydroxyl groups is 1. The molecular formula is C21H35FO. The number of hydrogen-bond donors (Lipinski definition) is 1. The largest absolute Gasteiger partial charge is 0.393 e. The van der Waals surface area contributed by atoms with Crippen molar-refractivity contribution in [1.82, 2.24) is 0 Å². The van der Waals surface area contributed by atoms with E-state index in [1.54, 1.807) is 0 Å². The summed E-state index contributed by atoms with van der Waals surface area (Å²) in [6, 6.07) is 0. The van der Waals surface area contributed by atoms with E-state index in [-0.39, 0.29) is 6.10 Å². The molecule has 1 nitrogen and oxygen atoms in total. The highest BCUT2D eigenvalue weighted by atomic mass is 19.1. The van der Waals surface area contributed by atoms with Gasteiger partial charge in [0.1, 0.15) is 6.17 Å². The predicted molar refractivity (Wildman–Crippen MR) is 91.8 cm³/mol. The molecule has 0 heterocycles. The second kappa shape index (κ2) is 5.44. The molecule has 0 unspecified atom stereocenters. The van der Waals surface area contributed by atoms with Gasteiger partial charge in [0.05, 0.1) is 6.10 Å². The third-order valence-corrected chi connectivity index (χ3v) is 9.26. The molecule has 23 heavy (non-hydrogen) atoms. The summed E-state index contributed by atoms with van der Waals surface area (Å²) in [5.74, 6) is 3.60. The fourth-order valence-electron chi connectivity index (χ4n) is 8.04. The third-order valence-electron chi connectivity index (χ3n) is 9.26. The first kappa shape index (κ1) is 16.4. The van der Waals surface area contributed by atoms with Crippen LogP contribution in [0.2, 0.25) is 0 Å². The molecular weight excluding hydrogens is 287 g/mol. The van der Waals surface area contributed by atoms with Gasteiger partial charge in [-0.15, -0.1) is 0 Å². The van der Waals surface area contributed by atoms with Crippen LogP contribution < -0.4 is 0 Å². The summed E-state index contributed by atoms with van der Waals surface area (Å²) in [6.45, 7) is 6.99. The van der Waals surface area contributed by atoms with Crippen LogP contribution in [0.25, 0.3) is 0 Å². The molecule has 132 valence electrons. The van der Waals surface area contributed by atoms with E-state index in [4.69, 9.17) is 0 Å². The Bertz CT molecular complexity index is 463. The molecule has 2 heteroatoms. The molecule has 4 aliphatic rings. The molecule has 0 amide bonds. The van der Waals surface area contributed by atoms with Gasteiger partial charge >= 0.3 is 0 Å². The van der Waals surface area contributed by atoms with E-state index in [9.17, 15) is 9.50 Å². The maximum absolute atomic E-state index is 13.9. The van der Waals surface area contributed by atoms with Crippen LogP contribution in [-0.4, -0.2) is 17.4 Å². The summed E-state index contributed by atoms with van der Waals surface area (Å²) >= 11 is 0. The van der Waals surface area contributed by atoms with E-state index >= 15 is 0 Å². The van der Waals surface area contributed by atoms with Crippen molar-refractivity contribution < 1.29 is 9.50 Å². The number of rotatable bonds is 1. The Morgan fingerprint density at radius 2 is 1.61 bits per heavy atom. The molecule has 0 aromatic rings. The minimum absolute atomic E-state index is 0.157. The monoisotopic (exact) mass is 322 g/mol. The molecule has 9 atom stereocenters. The number of halogens is 1. The molecule has 0 aliphatic heterocycles. The molecule has 0 aromatic carbocycles. The second-order valence-electron chi connectivity index (χ2n) is 10.00. The van der Waals surface area contributed by atoms with E-state index in [1.165, 1.54) is 38.5 Å². The molecule has 0 radical (unpaired) electrons. The van der Waals surface area contributed by atoms with E-state index in [1.807, 2.05) is 6.92 Å². The van der Waals surface area contributed by atoms with Crippen LogP contribution in [0.3, 0.4) is 0 Å². The van der Waals surface area contributed by atoms with Crippen molar-refractivity contribution in [2.75, 3.05) is 0 Å². The van der Waals surface area contributed by atoms with Gasteiger partial charge < -0.3 is 5.11 Å². The van der Waals surface area contributed by atoms with Crippen LogP contribution in [0.4, 0.5) is 4.39 Å². The van der Waals surface area contributed by atoms with Crippen molar-refractivity contribution >= 4 is 0 Å². The Morgan fingerprint density at radius 1 is 0.913 bits per heavy atom. The van der Waals surface area contributed by atoms with Gasteiger partial charge in [-0.2, -0.15) is 0 Å². The fraction of sp³-hybridized carbons (Fsp3) is 1.00. The highest BCUT2D eigenvalue weighted by Crippen LogP contribution is 2.67. The smallest absolute Gasteiger partial charge is 0.100 e. The number of alkyl halides is 1. The predicted octanol–water partition coefficient (Wildman–Crippen LogP) is 5.36. The molecule has 0 bridgehead atoms. The third kappa shape index (κ3) is 2.26. The van der Waals surface area contributed by atoms with Crippen molar-refractivity contribution in [3.05, 3.63) is 0 Å². The normalized spacial score (nSPS) is 57.3. The average molecular weight is 323 g/mol. The quantitative estimate of drug-likeness (QED) is 0.688. The lowest BCUT2D eigenvalue weighted by atomic mass is 9.44. The summed E-state index contributed by atoms with van der Waals surface area (Å²) in [7, 11) is 0. The summed E-state index contributed by atoms with van der Waals surface area (Å²) < 4.78 is 13.9. The Hall–Kier alpha value is -0.110. The van der Waals surface area contributed by atoms with Crippen LogP contribution in [0.5, 0.6) is 0 Å². The van der Waals surface area contributed by atoms with Crippen LogP contribution in [0.15, 0.2) is 0 Å². The summed E-state index contributed by atoms with van der Waals surface area (Å²) in [6.07, 6.45) is 9.78. The first-order valence-electron chi connectivity index (χ1n) is 10.2. The Balaban J connectivity index is 1.60. The first-order chi connectivity index (χ1) is 10.9. The summed E-state index contributed by atoms with van der Waals surface area (Å²) in [5, 5.41) is 10.3. The van der Waals surface area contributed by atoms with Gasteiger partial charge in [-0.25, -0.2) is 4.39 Å². The molecule has 4 rings (SSSR count). The molecule has 0 saturated heterocycles. The fourth-order valence-corrected chi connectivity index (χ4v) is 8.04. The highest BCUT2D eigenvalue weighted by molar-refractivity contribution is 5.09. The van der Waals surface area contributed by atoms with E-state index < -0.39 is 6.17 Å². The maximum atomic E-state index is 13.9. The molecule has 1 N–H and O–H groups in total. The van der Waals surface area contributed by atoms with Gasteiger partial charge in [-0.3, -0.25) is 0 Å². The SMILES string of the molecule is C[C@@H](O)[C@H]1CC[C@H]2[C@@H]3CC[C@@H]4C[C@@H](F)CC[C@]4(C)[C@H]3CC[C@]12C. The van der Waals surface area contributed by atoms with Gasteiger partial charge in [0.15, 0.2) is 0 Å². The van der Waals surface area contributed by atoms with Gasteiger partial charge in [0.2, 0.25) is 0 Å². The molecule has 0 spiro atoms. The van der Waals surface area contributed by atoms with Gasteiger partial charge in [-0.1, -0.05) is 13.8 Å². The molecule has 4 fully saturated rings. The van der Waals surface area contributed by atoms with Gasteiger partial charge in [0, 0.05) is 0 Å². The zero-order valence-electron chi connectivity index (χ0n) is 15.2. The number of hydrogen-bond acceptors (Lipinski definition) is 1. The topological polar surface area (TPSA) is 20.2 Å². The summed E-state index contributed by atoms with van der Waals surface area (Å²) in [5.41, 5.74) is 0.756. The number of aliphatic hydroxyl groups excluding tert-OH is 1. The van der Waals surface area contributed by atoms with Crippen molar-refractivity contribution in [1.29, 1.82) is 0 Å². The zero-order valence-corrected chi connectivity index (χ0v) is 15.2. The van der Waals surface area contributed by atoms with Crippen molar-refractivity contribution in [3.63, 3.8) is 0 Å². The average Bonchev–Trinajstić information content (AvgIpc) is 2.85. The maximum Gasteiger partial charge on any atom is 0.100 e. The standard InChI is InChI=1S/C21H35FO/c1-13(23)17-6-7-18-16-5-4-14-12-15(22)8-10-20(14,2)19(16)9-11-21(17,18)3/h13-19,23H,4-12H2,1-3H3/t13-,14-,15+,16+,17-,18+,19+,20+,21-/m1/s1. The zero-order chi connectivity index (χ0) is 16.4. The van der Waals surface area contributed by atoms with Crippen molar-refractivity contribution in [2.24, 2.45) is 40.4 Å². The minimum Gasteiger partial charge on any atom is -0.393 e. The van der Waals surface area contributed by atoms with Crippen LogP contribution >= 0.6 is 0 Å². The number of fused-ring (bicyclic) bond motifs is 5. The van der Waals surface area contributed by atoms with Crippen molar-refractivity contribution in [3.8, 4) is 0 Å². The van der Waals surface area contributed by atoms with Crippen molar-refractivity contribution in [2.45, 2.75) is 90.8 Å². The molecule has 4 aliphatic carbocycles. The first-order valence-corrected chi connectivity index (χ1v) is 10.2. The van der Waals surface area contributed by atoms with Crippen LogP contribution in [-0.2, 0) is 0 Å². The van der Waals surface area contributed by atoms with Crippen LogP contribution in [0.1, 0.15) is 78.6 Å². The van der Waals surface area contributed by atoms with Gasteiger partial charge in [0.25, 0.3) is 0 Å². The lowest BCUT2D eigenvalue weighted by Gasteiger charge is -2.61. The Kier molecular flexibility index (Phi) is 3.87. The summed E-state index contributed by atoms with van der Waals surface area (Å²) in [4.78, 5) is 0. The lowest BCUT2D eigenvalue weighted by Crippen LogP contribution is -2.54.